The molecule has 0 bridgehead atoms. The van der Waals surface area contributed by atoms with Crippen LogP contribution in [0.4, 0.5) is 0 Å². The van der Waals surface area contributed by atoms with Gasteiger partial charge in [0.15, 0.2) is 0 Å². The Morgan fingerprint density at radius 2 is 2.00 bits per heavy atom. The first-order valence-electron chi connectivity index (χ1n) is 10.8. The Kier molecular flexibility index (Phi) is 7.59. The maximum Gasteiger partial charge on any atom is 0.208 e. The number of nitrogens with zero attached hydrogens (tertiary/aromatic N) is 1. The van der Waals surface area contributed by atoms with E-state index in [0.717, 1.165) is 64.1 Å². The van der Waals surface area contributed by atoms with Crippen LogP contribution in [-0.4, -0.2) is 57.5 Å². The minimum atomic E-state index is -3.10. The third kappa shape index (κ3) is 6.95. The highest BCUT2D eigenvalue weighted by Gasteiger charge is 2.40. The second-order valence-electron chi connectivity index (χ2n) is 8.90. The molecular formula is C22H36N2O4S. The van der Waals surface area contributed by atoms with E-state index in [4.69, 9.17) is 9.47 Å². The molecule has 3 rings (SSSR count). The fourth-order valence-electron chi connectivity index (χ4n) is 4.54. The summed E-state index contributed by atoms with van der Waals surface area (Å²) in [6.45, 7) is 8.37. The summed E-state index contributed by atoms with van der Waals surface area (Å²) in [7, 11) is -3.10. The van der Waals surface area contributed by atoms with E-state index in [0.29, 0.717) is 12.5 Å². The smallest absolute Gasteiger partial charge is 0.208 e. The number of para-hydroxylation sites is 1. The highest BCUT2D eigenvalue weighted by Crippen LogP contribution is 2.39. The Bertz CT molecular complexity index is 758. The van der Waals surface area contributed by atoms with E-state index in [9.17, 15) is 8.42 Å². The zero-order chi connectivity index (χ0) is 20.9. The lowest BCUT2D eigenvalue weighted by atomic mass is 9.78. The van der Waals surface area contributed by atoms with E-state index in [-0.39, 0.29) is 11.7 Å². The number of rotatable bonds is 8. The molecule has 6 nitrogen and oxygen atoms in total. The van der Waals surface area contributed by atoms with Crippen LogP contribution < -0.4 is 9.46 Å². The molecule has 2 fully saturated rings. The van der Waals surface area contributed by atoms with Crippen molar-refractivity contribution >= 4 is 10.0 Å². The number of likely N-dealkylation sites (tertiary alicyclic amines) is 1. The molecule has 1 spiro atoms. The molecule has 2 aliphatic rings. The minimum absolute atomic E-state index is 0.0293. The number of nitrogens with one attached hydrogen (secondary N) is 1. The van der Waals surface area contributed by atoms with Crippen molar-refractivity contribution in [1.29, 1.82) is 0 Å². The van der Waals surface area contributed by atoms with Crippen LogP contribution in [0.1, 0.15) is 51.5 Å². The van der Waals surface area contributed by atoms with Crippen molar-refractivity contribution in [2.45, 2.75) is 64.2 Å². The van der Waals surface area contributed by atoms with Crippen LogP contribution in [0.25, 0.3) is 0 Å². The summed E-state index contributed by atoms with van der Waals surface area (Å²) in [5.74, 6) is 1.51. The van der Waals surface area contributed by atoms with E-state index in [1.165, 1.54) is 11.8 Å². The molecule has 1 N–H and O–H groups in total. The van der Waals surface area contributed by atoms with Crippen LogP contribution in [0.5, 0.6) is 5.75 Å². The lowest BCUT2D eigenvalue weighted by Gasteiger charge is -2.46. The minimum Gasteiger partial charge on any atom is -0.491 e. The zero-order valence-corrected chi connectivity index (χ0v) is 18.8. The Morgan fingerprint density at radius 1 is 1.28 bits per heavy atom. The average Bonchev–Trinajstić information content (AvgIpc) is 2.64. The molecule has 29 heavy (non-hydrogen) atoms. The molecule has 164 valence electrons. The Labute approximate surface area is 176 Å². The molecule has 2 aliphatic heterocycles. The van der Waals surface area contributed by atoms with E-state index in [1.54, 1.807) is 0 Å². The Morgan fingerprint density at radius 3 is 2.69 bits per heavy atom. The fraction of sp³-hybridized carbons (Fsp3) is 0.727. The van der Waals surface area contributed by atoms with Gasteiger partial charge in [0, 0.05) is 38.3 Å². The first kappa shape index (κ1) is 22.5. The third-order valence-corrected chi connectivity index (χ3v) is 6.74. The molecule has 1 aromatic carbocycles. The van der Waals surface area contributed by atoms with Gasteiger partial charge < -0.3 is 9.47 Å². The maximum absolute atomic E-state index is 11.3. The normalized spacial score (nSPS) is 22.8. The molecule has 0 radical (unpaired) electrons. The number of hydrogen-bond donors (Lipinski definition) is 1. The summed E-state index contributed by atoms with van der Waals surface area (Å²) >= 11 is 0. The predicted molar refractivity (Wildman–Crippen MR) is 116 cm³/mol. The van der Waals surface area contributed by atoms with Gasteiger partial charge in [-0.2, -0.15) is 0 Å². The van der Waals surface area contributed by atoms with Crippen molar-refractivity contribution < 1.29 is 17.9 Å². The first-order chi connectivity index (χ1) is 13.7. The van der Waals surface area contributed by atoms with Gasteiger partial charge in [-0.1, -0.05) is 18.2 Å². The molecule has 0 aromatic heterocycles. The first-order valence-corrected chi connectivity index (χ1v) is 12.7. The molecule has 1 atom stereocenters. The van der Waals surface area contributed by atoms with E-state index >= 15 is 0 Å². The molecule has 0 amide bonds. The van der Waals surface area contributed by atoms with Crippen molar-refractivity contribution in [2.24, 2.45) is 5.92 Å². The summed E-state index contributed by atoms with van der Waals surface area (Å²) in [5.41, 5.74) is 1.21. The number of sulfonamides is 1. The van der Waals surface area contributed by atoms with Gasteiger partial charge >= 0.3 is 0 Å². The number of hydrogen-bond acceptors (Lipinski definition) is 5. The SMILES string of the molecule is CC(C)Oc1ccccc1CN1CCC2(CC1)CC(CCNS(C)(=O)=O)CCO2. The lowest BCUT2D eigenvalue weighted by molar-refractivity contribution is -0.128. The fourth-order valence-corrected chi connectivity index (χ4v) is 5.02. The van der Waals surface area contributed by atoms with Crippen molar-refractivity contribution in [1.82, 2.24) is 9.62 Å². The second kappa shape index (κ2) is 9.77. The van der Waals surface area contributed by atoms with Crippen molar-refractivity contribution in [3.05, 3.63) is 29.8 Å². The van der Waals surface area contributed by atoms with Crippen LogP contribution in [0.3, 0.4) is 0 Å². The summed E-state index contributed by atoms with van der Waals surface area (Å²) in [6, 6.07) is 8.32. The van der Waals surface area contributed by atoms with Crippen LogP contribution in [0.2, 0.25) is 0 Å². The van der Waals surface area contributed by atoms with Gasteiger partial charge in [0.25, 0.3) is 0 Å². The second-order valence-corrected chi connectivity index (χ2v) is 10.7. The molecule has 2 heterocycles. The Hall–Kier alpha value is -1.15. The largest absolute Gasteiger partial charge is 0.491 e. The monoisotopic (exact) mass is 424 g/mol. The summed E-state index contributed by atoms with van der Waals surface area (Å²) < 4.78 is 37.4. The number of ether oxygens (including phenoxy) is 2. The maximum atomic E-state index is 11.3. The summed E-state index contributed by atoms with van der Waals surface area (Å²) in [4.78, 5) is 2.49. The predicted octanol–water partition coefficient (Wildman–Crippen LogP) is 3.17. The molecule has 0 saturated carbocycles. The highest BCUT2D eigenvalue weighted by atomic mass is 32.2. The third-order valence-electron chi connectivity index (χ3n) is 6.01. The summed E-state index contributed by atoms with van der Waals surface area (Å²) in [5, 5.41) is 0. The van der Waals surface area contributed by atoms with Crippen LogP contribution >= 0.6 is 0 Å². The van der Waals surface area contributed by atoms with Crippen molar-refractivity contribution in [3.63, 3.8) is 0 Å². The van der Waals surface area contributed by atoms with Gasteiger partial charge in [0.2, 0.25) is 10.0 Å². The topological polar surface area (TPSA) is 67.9 Å². The average molecular weight is 425 g/mol. The molecule has 0 aliphatic carbocycles. The van der Waals surface area contributed by atoms with Gasteiger partial charge in [-0.3, -0.25) is 4.90 Å². The number of benzene rings is 1. The van der Waals surface area contributed by atoms with Gasteiger partial charge in [-0.15, -0.1) is 0 Å². The van der Waals surface area contributed by atoms with Crippen LogP contribution in [0, 0.1) is 5.92 Å². The van der Waals surface area contributed by atoms with Crippen molar-refractivity contribution in [2.75, 3.05) is 32.5 Å². The van der Waals surface area contributed by atoms with Gasteiger partial charge in [-0.25, -0.2) is 13.1 Å². The number of piperidine rings is 1. The molecule has 7 heteroatoms. The molecular weight excluding hydrogens is 388 g/mol. The van der Waals surface area contributed by atoms with Gasteiger partial charge in [0.05, 0.1) is 18.0 Å². The standard InChI is InChI=1S/C22H36N2O4S/c1-18(2)28-21-7-5-4-6-20(21)17-24-13-10-22(11-14-24)16-19(9-15-27-22)8-12-23-29(3,25)26/h4-7,18-19,23H,8-17H2,1-3H3. The Balaban J connectivity index is 1.51. The van der Waals surface area contributed by atoms with Gasteiger partial charge in [0.1, 0.15) is 5.75 Å². The van der Waals surface area contributed by atoms with E-state index in [2.05, 4.69) is 41.7 Å². The van der Waals surface area contributed by atoms with Crippen molar-refractivity contribution in [3.8, 4) is 5.75 Å². The molecule has 1 aromatic rings. The lowest BCUT2D eigenvalue weighted by Crippen LogP contribution is -2.49. The molecule has 2 saturated heterocycles. The van der Waals surface area contributed by atoms with E-state index in [1.807, 2.05) is 6.07 Å². The van der Waals surface area contributed by atoms with Crippen LogP contribution in [0.15, 0.2) is 24.3 Å². The van der Waals surface area contributed by atoms with E-state index < -0.39 is 10.0 Å². The van der Waals surface area contributed by atoms with Crippen LogP contribution in [-0.2, 0) is 21.3 Å². The highest BCUT2D eigenvalue weighted by molar-refractivity contribution is 7.88. The quantitative estimate of drug-likeness (QED) is 0.694. The zero-order valence-electron chi connectivity index (χ0n) is 18.0. The summed E-state index contributed by atoms with van der Waals surface area (Å²) in [6.07, 6.45) is 6.42. The molecule has 1 unspecified atom stereocenters. The van der Waals surface area contributed by atoms with Gasteiger partial charge in [-0.05, 0) is 57.9 Å².